The predicted octanol–water partition coefficient (Wildman–Crippen LogP) is 7.44. The highest BCUT2D eigenvalue weighted by Gasteiger charge is 2.15. The van der Waals surface area contributed by atoms with E-state index in [1.54, 1.807) is 24.5 Å². The number of nitrogens with one attached hydrogen (secondary N) is 1. The number of hydrogen-bond donors (Lipinski definition) is 1. The summed E-state index contributed by atoms with van der Waals surface area (Å²) in [6.45, 7) is 4.24. The van der Waals surface area contributed by atoms with Gasteiger partial charge in [0.15, 0.2) is 0 Å². The first-order valence-electron chi connectivity index (χ1n) is 10.1. The number of anilines is 1. The molecule has 1 amide bonds. The van der Waals surface area contributed by atoms with Crippen molar-refractivity contribution < 1.29 is 18.3 Å². The predicted molar refractivity (Wildman–Crippen MR) is 129 cm³/mol. The van der Waals surface area contributed by atoms with Crippen molar-refractivity contribution in [3.05, 3.63) is 88.9 Å². The third kappa shape index (κ3) is 4.75. The highest BCUT2D eigenvalue weighted by atomic mass is 79.9. The zero-order valence-electron chi connectivity index (χ0n) is 17.6. The molecule has 32 heavy (non-hydrogen) atoms. The minimum absolute atomic E-state index is 0.238. The molecule has 0 unspecified atom stereocenters. The molecule has 6 heteroatoms. The fourth-order valence-electron chi connectivity index (χ4n) is 3.48. The Balaban J connectivity index is 1.71. The second kappa shape index (κ2) is 9.40. The summed E-state index contributed by atoms with van der Waals surface area (Å²) in [6.07, 6.45) is 3.19. The Bertz CT molecular complexity index is 1290. The molecule has 4 nitrogen and oxygen atoms in total. The van der Waals surface area contributed by atoms with Gasteiger partial charge in [-0.05, 0) is 67.4 Å². The molecule has 0 spiro atoms. The highest BCUT2D eigenvalue weighted by molar-refractivity contribution is 9.10. The van der Waals surface area contributed by atoms with Crippen LogP contribution in [-0.4, -0.2) is 12.5 Å². The average Bonchev–Trinajstić information content (AvgIpc) is 3.18. The topological polar surface area (TPSA) is 51.5 Å². The Morgan fingerprint density at radius 1 is 1.12 bits per heavy atom. The molecule has 0 aliphatic heterocycles. The third-order valence-corrected chi connectivity index (χ3v) is 5.54. The molecule has 0 saturated heterocycles. The number of rotatable bonds is 6. The van der Waals surface area contributed by atoms with Gasteiger partial charge in [0.25, 0.3) is 0 Å². The fraction of sp³-hybridized carbons (Fsp3) is 0.115. The number of ether oxygens (including phenoxy) is 1. The van der Waals surface area contributed by atoms with Crippen molar-refractivity contribution in [1.82, 2.24) is 0 Å². The monoisotopic (exact) mass is 493 g/mol. The van der Waals surface area contributed by atoms with Crippen molar-refractivity contribution in [1.29, 1.82) is 0 Å². The van der Waals surface area contributed by atoms with E-state index in [1.807, 2.05) is 50.2 Å². The fourth-order valence-corrected chi connectivity index (χ4v) is 3.74. The first-order valence-corrected chi connectivity index (χ1v) is 10.9. The molecule has 0 aliphatic carbocycles. The van der Waals surface area contributed by atoms with Crippen LogP contribution < -0.4 is 10.1 Å². The molecule has 162 valence electrons. The first kappa shape index (κ1) is 21.8. The lowest BCUT2D eigenvalue weighted by molar-refractivity contribution is -0.111. The van der Waals surface area contributed by atoms with Crippen LogP contribution in [0.1, 0.15) is 19.4 Å². The summed E-state index contributed by atoms with van der Waals surface area (Å²) in [5.74, 6) is 0.0972. The minimum Gasteiger partial charge on any atom is -0.493 e. The Labute approximate surface area is 193 Å². The normalized spacial score (nSPS) is 11.6. The lowest BCUT2D eigenvalue weighted by atomic mass is 9.99. The van der Waals surface area contributed by atoms with Crippen molar-refractivity contribution in [3.63, 3.8) is 0 Å². The van der Waals surface area contributed by atoms with Crippen LogP contribution in [0.15, 0.2) is 81.9 Å². The van der Waals surface area contributed by atoms with Crippen molar-refractivity contribution in [2.45, 2.75) is 13.8 Å². The lowest BCUT2D eigenvalue weighted by Gasteiger charge is -2.12. The maximum atomic E-state index is 13.4. The maximum Gasteiger partial charge on any atom is 0.248 e. The van der Waals surface area contributed by atoms with Crippen LogP contribution in [0.4, 0.5) is 10.1 Å². The number of furan rings is 1. The van der Waals surface area contributed by atoms with Crippen LogP contribution in [0.3, 0.4) is 0 Å². The van der Waals surface area contributed by atoms with E-state index >= 15 is 0 Å². The van der Waals surface area contributed by atoms with Crippen molar-refractivity contribution in [2.75, 3.05) is 11.9 Å². The smallest absolute Gasteiger partial charge is 0.248 e. The SMILES string of the molecule is CCOc1cc2occ(-c3ccc(F)cc3)c2cc1/C(C)=C/C(=O)Nc1ccc(Br)cc1. The molecule has 0 fully saturated rings. The van der Waals surface area contributed by atoms with E-state index in [0.29, 0.717) is 23.6 Å². The molecule has 4 rings (SSSR count). The number of amides is 1. The summed E-state index contributed by atoms with van der Waals surface area (Å²) in [6, 6.07) is 17.4. The summed E-state index contributed by atoms with van der Waals surface area (Å²) in [5.41, 5.74) is 4.58. The highest BCUT2D eigenvalue weighted by Crippen LogP contribution is 2.37. The first-order chi connectivity index (χ1) is 15.4. The average molecular weight is 494 g/mol. The molecule has 0 bridgehead atoms. The quantitative estimate of drug-likeness (QED) is 0.284. The van der Waals surface area contributed by atoms with Gasteiger partial charge in [-0.1, -0.05) is 28.1 Å². The summed E-state index contributed by atoms with van der Waals surface area (Å²) in [7, 11) is 0. The number of carbonyl (C=O) groups is 1. The molecule has 1 N–H and O–H groups in total. The number of benzene rings is 3. The zero-order valence-corrected chi connectivity index (χ0v) is 19.2. The molecule has 0 saturated carbocycles. The van der Waals surface area contributed by atoms with E-state index in [0.717, 1.165) is 32.1 Å². The number of carbonyl (C=O) groups excluding carboxylic acids is 1. The van der Waals surface area contributed by atoms with E-state index in [2.05, 4.69) is 21.2 Å². The molecule has 0 radical (unpaired) electrons. The molecular weight excluding hydrogens is 473 g/mol. The largest absolute Gasteiger partial charge is 0.493 e. The minimum atomic E-state index is -0.295. The Morgan fingerprint density at radius 2 is 1.84 bits per heavy atom. The van der Waals surface area contributed by atoms with E-state index in [4.69, 9.17) is 9.15 Å². The van der Waals surface area contributed by atoms with Crippen molar-refractivity contribution in [3.8, 4) is 16.9 Å². The number of halogens is 2. The Hall–Kier alpha value is -3.38. The zero-order chi connectivity index (χ0) is 22.7. The second-order valence-electron chi connectivity index (χ2n) is 7.26. The van der Waals surface area contributed by atoms with Gasteiger partial charge in [0, 0.05) is 38.8 Å². The van der Waals surface area contributed by atoms with Gasteiger partial charge in [-0.3, -0.25) is 4.79 Å². The van der Waals surface area contributed by atoms with Gasteiger partial charge in [0.05, 0.1) is 12.9 Å². The molecule has 1 heterocycles. The van der Waals surface area contributed by atoms with Gasteiger partial charge in [-0.25, -0.2) is 4.39 Å². The molecule has 0 atom stereocenters. The number of hydrogen-bond acceptors (Lipinski definition) is 3. The van der Waals surface area contributed by atoms with E-state index in [1.165, 1.54) is 12.1 Å². The van der Waals surface area contributed by atoms with Gasteiger partial charge in [-0.15, -0.1) is 0 Å². The van der Waals surface area contributed by atoms with Crippen LogP contribution in [0, 0.1) is 5.82 Å². The van der Waals surface area contributed by atoms with Crippen LogP contribution in [-0.2, 0) is 4.79 Å². The third-order valence-electron chi connectivity index (χ3n) is 5.01. The standard InChI is InChI=1S/C26H21BrFNO3/c1-3-31-24-14-25-22(23(15-32-25)17-4-8-19(28)9-5-17)13-21(24)16(2)12-26(30)29-20-10-6-18(27)7-11-20/h4-15H,3H2,1-2H3,(H,29,30)/b16-12+. The molecule has 4 aromatic rings. The summed E-state index contributed by atoms with van der Waals surface area (Å²) in [4.78, 5) is 12.6. The van der Waals surface area contributed by atoms with E-state index in [-0.39, 0.29) is 11.7 Å². The van der Waals surface area contributed by atoms with Crippen LogP contribution in [0.25, 0.3) is 27.7 Å². The Morgan fingerprint density at radius 3 is 2.53 bits per heavy atom. The second-order valence-corrected chi connectivity index (χ2v) is 8.17. The maximum absolute atomic E-state index is 13.4. The van der Waals surface area contributed by atoms with Crippen molar-refractivity contribution >= 4 is 44.1 Å². The summed E-state index contributed by atoms with van der Waals surface area (Å²) in [5, 5.41) is 3.72. The van der Waals surface area contributed by atoms with Crippen molar-refractivity contribution in [2.24, 2.45) is 0 Å². The summed E-state index contributed by atoms with van der Waals surface area (Å²) < 4.78 is 25.9. The van der Waals surface area contributed by atoms with Gasteiger partial charge in [0.1, 0.15) is 17.1 Å². The van der Waals surface area contributed by atoms with Crippen LogP contribution in [0.5, 0.6) is 5.75 Å². The number of allylic oxidation sites excluding steroid dienone is 1. The molecule has 0 aliphatic rings. The number of fused-ring (bicyclic) bond motifs is 1. The van der Waals surface area contributed by atoms with E-state index < -0.39 is 0 Å². The van der Waals surface area contributed by atoms with Gasteiger partial charge >= 0.3 is 0 Å². The molecule has 3 aromatic carbocycles. The molecule has 1 aromatic heterocycles. The lowest BCUT2D eigenvalue weighted by Crippen LogP contribution is -2.08. The van der Waals surface area contributed by atoms with Gasteiger partial charge in [0.2, 0.25) is 5.91 Å². The summed E-state index contributed by atoms with van der Waals surface area (Å²) >= 11 is 3.38. The van der Waals surface area contributed by atoms with Crippen LogP contribution in [0.2, 0.25) is 0 Å². The Kier molecular flexibility index (Phi) is 6.42. The molecular formula is C26H21BrFNO3. The van der Waals surface area contributed by atoms with Gasteiger partial charge < -0.3 is 14.5 Å². The van der Waals surface area contributed by atoms with Gasteiger partial charge in [-0.2, -0.15) is 0 Å². The van der Waals surface area contributed by atoms with E-state index in [9.17, 15) is 9.18 Å². The van der Waals surface area contributed by atoms with Crippen LogP contribution >= 0.6 is 15.9 Å².